The Morgan fingerprint density at radius 2 is 1.14 bits per heavy atom. The number of thioether (sulfide) groups is 1. The van der Waals surface area contributed by atoms with E-state index in [1.165, 1.54) is 29.2 Å². The second-order valence-electron chi connectivity index (χ2n) is 13.9. The molecule has 44 heavy (non-hydrogen) atoms. The molecule has 10 heteroatoms. The van der Waals surface area contributed by atoms with E-state index in [1.807, 2.05) is 0 Å². The Morgan fingerprint density at radius 1 is 0.705 bits per heavy atom. The maximum Gasteiger partial charge on any atom is 0.346 e. The standard InChI is InChI=1S/C34H50N6O2SSi/c1-34(2,3)44(30-10-6-4-7-11-30,31-12-8-5-9-13-31)42-23-27-15-19-40-21-17-29(38-33(40)36-27)25-43-24-28-16-20-39-18-14-26(22-41)35-32(39)37-28/h4-13,26-29,41H,14-25H2,1-3H3,(H2,35,36,37,38)/p+2/t26-,27-,28-,29-/m1/s1. The monoisotopic (exact) mass is 636 g/mol. The molecule has 0 bridgehead atoms. The van der Waals surface area contributed by atoms with Gasteiger partial charge in [-0.2, -0.15) is 11.8 Å². The van der Waals surface area contributed by atoms with E-state index in [-0.39, 0.29) is 23.7 Å². The van der Waals surface area contributed by atoms with E-state index >= 15 is 0 Å². The summed E-state index contributed by atoms with van der Waals surface area (Å²) in [7, 11) is -2.56. The summed E-state index contributed by atoms with van der Waals surface area (Å²) in [6, 6.07) is 23.3. The first-order valence-corrected chi connectivity index (χ1v) is 19.7. The van der Waals surface area contributed by atoms with E-state index in [2.05, 4.69) is 124 Å². The van der Waals surface area contributed by atoms with Crippen molar-refractivity contribution in [3.63, 3.8) is 0 Å². The van der Waals surface area contributed by atoms with Gasteiger partial charge in [0.05, 0.1) is 57.5 Å². The Labute approximate surface area is 268 Å². The van der Waals surface area contributed by atoms with Gasteiger partial charge in [0.1, 0.15) is 6.04 Å². The number of nitrogens with zero attached hydrogens (tertiary/aromatic N) is 2. The molecule has 4 aliphatic rings. The van der Waals surface area contributed by atoms with Crippen molar-refractivity contribution in [2.45, 2.75) is 75.7 Å². The topological polar surface area (TPSA) is 83.6 Å². The molecular weight excluding hydrogens is 585 g/mol. The third kappa shape index (κ3) is 6.83. The third-order valence-electron chi connectivity index (χ3n) is 9.76. The van der Waals surface area contributed by atoms with Crippen molar-refractivity contribution in [1.29, 1.82) is 0 Å². The first-order chi connectivity index (χ1) is 21.4. The van der Waals surface area contributed by atoms with E-state index in [9.17, 15) is 5.11 Å². The average molecular weight is 637 g/mol. The van der Waals surface area contributed by atoms with Crippen LogP contribution >= 0.6 is 11.8 Å². The first kappa shape index (κ1) is 31.4. The van der Waals surface area contributed by atoms with Crippen molar-refractivity contribution in [1.82, 2.24) is 21.3 Å². The smallest absolute Gasteiger partial charge is 0.346 e. The number of benzene rings is 2. The van der Waals surface area contributed by atoms with Crippen molar-refractivity contribution in [3.05, 3.63) is 60.7 Å². The molecule has 238 valence electrons. The molecule has 0 saturated heterocycles. The third-order valence-corrected chi connectivity index (χ3v) is 16.0. The van der Waals surface area contributed by atoms with Crippen molar-refractivity contribution >= 4 is 42.4 Å². The summed E-state index contributed by atoms with van der Waals surface area (Å²) in [6.07, 6.45) is 4.42. The van der Waals surface area contributed by atoms with Crippen molar-refractivity contribution in [3.8, 4) is 0 Å². The van der Waals surface area contributed by atoms with Gasteiger partial charge in [-0.15, -0.1) is 0 Å². The summed E-state index contributed by atoms with van der Waals surface area (Å²) < 4.78 is 12.2. The molecule has 4 aliphatic heterocycles. The summed E-state index contributed by atoms with van der Waals surface area (Å²) in [5.41, 5.74) is 0. The van der Waals surface area contributed by atoms with Crippen LogP contribution in [0.25, 0.3) is 0 Å². The predicted octanol–water partition coefficient (Wildman–Crippen LogP) is 1.47. The molecular formula is C34H52N6O2SSi+2. The van der Waals surface area contributed by atoms with E-state index in [0.29, 0.717) is 18.7 Å². The highest BCUT2D eigenvalue weighted by Crippen LogP contribution is 2.37. The zero-order valence-corrected chi connectivity index (χ0v) is 28.5. The van der Waals surface area contributed by atoms with Gasteiger partial charge in [-0.25, -0.2) is 0 Å². The lowest BCUT2D eigenvalue weighted by Gasteiger charge is -2.44. The summed E-state index contributed by atoms with van der Waals surface area (Å²) >= 11 is 2.05. The number of hydrogen-bond donors (Lipinski definition) is 5. The van der Waals surface area contributed by atoms with Crippen LogP contribution in [-0.4, -0.2) is 110 Å². The normalized spacial score (nSPS) is 25.6. The van der Waals surface area contributed by atoms with Crippen molar-refractivity contribution < 1.29 is 18.7 Å². The zero-order chi connectivity index (χ0) is 30.6. The molecule has 0 aliphatic carbocycles. The minimum Gasteiger partial charge on any atom is -0.404 e. The Hall–Kier alpha value is -2.53. The lowest BCUT2D eigenvalue weighted by atomic mass is 10.1. The van der Waals surface area contributed by atoms with Gasteiger partial charge in [-0.05, 0) is 15.4 Å². The van der Waals surface area contributed by atoms with Crippen LogP contribution in [0.15, 0.2) is 60.7 Å². The molecule has 0 amide bonds. The molecule has 4 heterocycles. The van der Waals surface area contributed by atoms with E-state index in [4.69, 9.17) is 4.43 Å². The van der Waals surface area contributed by atoms with Crippen molar-refractivity contribution in [2.75, 3.05) is 50.9 Å². The van der Waals surface area contributed by atoms with Gasteiger partial charge in [-0.3, -0.25) is 30.4 Å². The molecule has 2 aromatic carbocycles. The number of nitrogens with one attached hydrogen (secondary N) is 4. The average Bonchev–Trinajstić information content (AvgIpc) is 3.05. The fraction of sp³-hybridized carbons (Fsp3) is 0.588. The molecule has 5 N–H and O–H groups in total. The Kier molecular flexibility index (Phi) is 9.90. The van der Waals surface area contributed by atoms with Gasteiger partial charge in [-0.1, -0.05) is 81.4 Å². The zero-order valence-electron chi connectivity index (χ0n) is 26.7. The maximum atomic E-state index is 9.57. The van der Waals surface area contributed by atoms with Crippen LogP contribution in [0.1, 0.15) is 46.5 Å². The Bertz CT molecular complexity index is 1280. The fourth-order valence-corrected chi connectivity index (χ4v) is 13.1. The highest BCUT2D eigenvalue weighted by Gasteiger charge is 2.50. The highest BCUT2D eigenvalue weighted by molar-refractivity contribution is 7.99. The fourth-order valence-electron chi connectivity index (χ4n) is 7.28. The van der Waals surface area contributed by atoms with Gasteiger partial charge in [0.2, 0.25) is 0 Å². The molecule has 2 aromatic rings. The molecule has 6 rings (SSSR count). The molecule has 0 aromatic heterocycles. The summed E-state index contributed by atoms with van der Waals surface area (Å²) in [5, 5.41) is 27.2. The number of hydrogen-bond acceptors (Lipinski definition) is 7. The first-order valence-electron chi connectivity index (χ1n) is 16.6. The van der Waals surface area contributed by atoms with Crippen LogP contribution in [0.2, 0.25) is 5.04 Å². The van der Waals surface area contributed by atoms with Gasteiger partial charge >= 0.3 is 11.9 Å². The number of aliphatic hydroxyl groups excluding tert-OH is 1. The largest absolute Gasteiger partial charge is 0.404 e. The van der Waals surface area contributed by atoms with Crippen LogP contribution in [0, 0.1) is 0 Å². The molecule has 4 atom stereocenters. The second kappa shape index (κ2) is 13.8. The Balaban J connectivity index is 1.05. The van der Waals surface area contributed by atoms with Crippen LogP contribution in [0.4, 0.5) is 0 Å². The molecule has 0 unspecified atom stereocenters. The number of aliphatic hydroxyl groups is 1. The molecule has 0 saturated carbocycles. The highest BCUT2D eigenvalue weighted by atomic mass is 32.2. The van der Waals surface area contributed by atoms with Gasteiger partial charge in [0.25, 0.3) is 8.32 Å². The predicted molar refractivity (Wildman–Crippen MR) is 184 cm³/mol. The van der Waals surface area contributed by atoms with Crippen LogP contribution in [-0.2, 0) is 4.43 Å². The van der Waals surface area contributed by atoms with Gasteiger partial charge in [0.15, 0.2) is 0 Å². The number of rotatable bonds is 10. The summed E-state index contributed by atoms with van der Waals surface area (Å²) in [5.74, 6) is 4.51. The van der Waals surface area contributed by atoms with Gasteiger partial charge < -0.3 is 9.53 Å². The van der Waals surface area contributed by atoms with Gasteiger partial charge in [0, 0.05) is 37.2 Å². The van der Waals surface area contributed by atoms with Crippen LogP contribution in [0.3, 0.4) is 0 Å². The summed E-state index contributed by atoms with van der Waals surface area (Å²) in [4.78, 5) is 0. The minimum absolute atomic E-state index is 0.0213. The van der Waals surface area contributed by atoms with E-state index in [1.54, 1.807) is 0 Å². The van der Waals surface area contributed by atoms with Crippen LogP contribution in [0.5, 0.6) is 0 Å². The molecule has 0 spiro atoms. The van der Waals surface area contributed by atoms with Crippen LogP contribution < -0.4 is 31.6 Å². The molecule has 0 radical (unpaired) electrons. The maximum absolute atomic E-state index is 9.57. The van der Waals surface area contributed by atoms with E-state index in [0.717, 1.165) is 56.5 Å². The minimum atomic E-state index is -2.56. The second-order valence-corrected chi connectivity index (χ2v) is 19.3. The SMILES string of the molecule is CC(C)(C)[Si](OC[C@H]1CC[N+]2=C(N1)N[C@@H](CSC[C@H]1CC[N+]3=C(N1)N[C@@H](CO)CC3)CC2)(c1ccccc1)c1ccccc1. The lowest BCUT2D eigenvalue weighted by molar-refractivity contribution is -0.542. The molecule has 0 fully saturated rings. The lowest BCUT2D eigenvalue weighted by Crippen LogP contribution is -2.68. The van der Waals surface area contributed by atoms with E-state index < -0.39 is 8.32 Å². The molecule has 8 nitrogen and oxygen atoms in total. The Morgan fingerprint density at radius 3 is 1.61 bits per heavy atom. The summed E-state index contributed by atoms with van der Waals surface area (Å²) in [6.45, 7) is 12.2. The number of guanidine groups is 2. The quantitative estimate of drug-likeness (QED) is 0.200. The van der Waals surface area contributed by atoms with Crippen molar-refractivity contribution in [2.24, 2.45) is 0 Å².